The van der Waals surface area contributed by atoms with E-state index in [9.17, 15) is 4.39 Å². The van der Waals surface area contributed by atoms with Crippen molar-refractivity contribution in [2.45, 2.75) is 46.5 Å². The second kappa shape index (κ2) is 8.55. The highest BCUT2D eigenvalue weighted by Crippen LogP contribution is 2.41. The summed E-state index contributed by atoms with van der Waals surface area (Å²) in [5, 5.41) is 1.74. The molecule has 0 bridgehead atoms. The lowest BCUT2D eigenvalue weighted by molar-refractivity contribution is -0.633. The Morgan fingerprint density at radius 2 is 1.51 bits per heavy atom. The minimum atomic E-state index is -0.545. The number of aromatic nitrogens is 3. The Balaban J connectivity index is 1.83. The summed E-state index contributed by atoms with van der Waals surface area (Å²) >= 11 is 0. The normalized spacial score (nSPS) is 12.1. The van der Waals surface area contributed by atoms with Gasteiger partial charge in [0.2, 0.25) is 11.7 Å². The van der Waals surface area contributed by atoms with Crippen molar-refractivity contribution in [2.75, 3.05) is 0 Å². The predicted molar refractivity (Wildman–Crippen MR) is 148 cm³/mol. The SMILES string of the molecule is Cc1ccc2c(oc3nc(F)ccc32)c1-c1n(-c2c(C(C)C)cccc2C(C)C)c2ccccc2[n+]1C. The maximum absolute atomic E-state index is 14.0. The maximum atomic E-state index is 14.0. The molecule has 0 atom stereocenters. The number of para-hydroxylation sites is 3. The van der Waals surface area contributed by atoms with Gasteiger partial charge in [-0.05, 0) is 48.6 Å². The Hall–Kier alpha value is -3.99. The highest BCUT2D eigenvalue weighted by molar-refractivity contribution is 6.08. The zero-order chi connectivity index (χ0) is 26.0. The molecule has 0 radical (unpaired) electrons. The quantitative estimate of drug-likeness (QED) is 0.184. The summed E-state index contributed by atoms with van der Waals surface area (Å²) in [6.45, 7) is 11.1. The topological polar surface area (TPSA) is 34.8 Å². The van der Waals surface area contributed by atoms with Crippen molar-refractivity contribution in [1.29, 1.82) is 0 Å². The van der Waals surface area contributed by atoms with Crippen molar-refractivity contribution in [3.8, 4) is 17.1 Å². The Bertz CT molecular complexity index is 1800. The van der Waals surface area contributed by atoms with Gasteiger partial charge in [0, 0.05) is 21.9 Å². The molecule has 6 rings (SSSR count). The van der Waals surface area contributed by atoms with Crippen LogP contribution in [0.5, 0.6) is 0 Å². The molecule has 5 heteroatoms. The van der Waals surface area contributed by atoms with Crippen LogP contribution in [0.15, 0.2) is 71.1 Å². The molecule has 3 aromatic carbocycles. The Kier molecular flexibility index (Phi) is 5.41. The molecule has 4 nitrogen and oxygen atoms in total. The van der Waals surface area contributed by atoms with Crippen molar-refractivity contribution in [3.05, 3.63) is 89.4 Å². The lowest BCUT2D eigenvalue weighted by Gasteiger charge is -2.18. The summed E-state index contributed by atoms with van der Waals surface area (Å²) in [6.07, 6.45) is 0. The lowest BCUT2D eigenvalue weighted by Crippen LogP contribution is -2.30. The van der Waals surface area contributed by atoms with E-state index in [1.54, 1.807) is 6.07 Å². The number of pyridine rings is 1. The first-order chi connectivity index (χ1) is 17.8. The minimum Gasteiger partial charge on any atom is -0.437 e. The van der Waals surface area contributed by atoms with Gasteiger partial charge in [-0.3, -0.25) is 0 Å². The van der Waals surface area contributed by atoms with Gasteiger partial charge in [-0.25, -0.2) is 4.57 Å². The van der Waals surface area contributed by atoms with Crippen LogP contribution in [0.1, 0.15) is 56.2 Å². The average molecular weight is 493 g/mol. The Morgan fingerprint density at radius 3 is 2.22 bits per heavy atom. The highest BCUT2D eigenvalue weighted by Gasteiger charge is 2.33. The van der Waals surface area contributed by atoms with Crippen LogP contribution in [0.4, 0.5) is 4.39 Å². The van der Waals surface area contributed by atoms with E-state index in [1.165, 1.54) is 22.9 Å². The van der Waals surface area contributed by atoms with Crippen LogP contribution in [-0.2, 0) is 7.05 Å². The van der Waals surface area contributed by atoms with Gasteiger partial charge in [0.1, 0.15) is 11.3 Å². The molecule has 0 N–H and O–H groups in total. The number of nitrogens with zero attached hydrogens (tertiary/aromatic N) is 3. The number of halogens is 1. The second-order valence-electron chi connectivity index (χ2n) is 10.5. The van der Waals surface area contributed by atoms with E-state index in [2.05, 4.69) is 104 Å². The summed E-state index contributed by atoms with van der Waals surface area (Å²) in [6, 6.07) is 22.5. The molecule has 0 aliphatic heterocycles. The van der Waals surface area contributed by atoms with E-state index in [0.29, 0.717) is 17.5 Å². The molecular formula is C32H31FN3O+. The van der Waals surface area contributed by atoms with E-state index in [-0.39, 0.29) is 0 Å². The summed E-state index contributed by atoms with van der Waals surface area (Å²) < 4.78 is 25.0. The molecule has 186 valence electrons. The van der Waals surface area contributed by atoms with Crippen LogP contribution in [0.3, 0.4) is 0 Å². The molecule has 0 spiro atoms. The van der Waals surface area contributed by atoms with Crippen molar-refractivity contribution in [3.63, 3.8) is 0 Å². The maximum Gasteiger partial charge on any atom is 0.299 e. The van der Waals surface area contributed by atoms with Crippen molar-refractivity contribution in [2.24, 2.45) is 7.05 Å². The zero-order valence-corrected chi connectivity index (χ0v) is 22.1. The highest BCUT2D eigenvalue weighted by atomic mass is 19.1. The van der Waals surface area contributed by atoms with E-state index in [0.717, 1.165) is 44.3 Å². The largest absolute Gasteiger partial charge is 0.437 e. The first-order valence-electron chi connectivity index (χ1n) is 12.9. The third-order valence-corrected chi connectivity index (χ3v) is 7.48. The number of fused-ring (bicyclic) bond motifs is 4. The fourth-order valence-electron chi connectivity index (χ4n) is 5.67. The molecule has 0 saturated heterocycles. The van der Waals surface area contributed by atoms with Gasteiger partial charge in [0.05, 0.1) is 7.05 Å². The summed E-state index contributed by atoms with van der Waals surface area (Å²) in [7, 11) is 2.11. The Labute approximate surface area is 216 Å². The zero-order valence-electron chi connectivity index (χ0n) is 22.1. The molecule has 0 saturated carbocycles. The second-order valence-corrected chi connectivity index (χ2v) is 10.5. The van der Waals surface area contributed by atoms with Crippen LogP contribution in [0.2, 0.25) is 0 Å². The number of benzene rings is 3. The predicted octanol–water partition coefficient (Wildman–Crippen LogP) is 8.11. The first kappa shape index (κ1) is 23.4. The van der Waals surface area contributed by atoms with Gasteiger partial charge < -0.3 is 4.42 Å². The molecule has 0 unspecified atom stereocenters. The van der Waals surface area contributed by atoms with E-state index in [4.69, 9.17) is 4.42 Å². The van der Waals surface area contributed by atoms with Gasteiger partial charge in [0.15, 0.2) is 16.6 Å². The van der Waals surface area contributed by atoms with E-state index in [1.807, 2.05) is 6.07 Å². The molecule has 3 heterocycles. The van der Waals surface area contributed by atoms with Crippen molar-refractivity contribution >= 4 is 33.1 Å². The lowest BCUT2D eigenvalue weighted by atomic mass is 9.92. The summed E-state index contributed by atoms with van der Waals surface area (Å²) in [5.74, 6) is 1.15. The van der Waals surface area contributed by atoms with Crippen molar-refractivity contribution < 1.29 is 13.4 Å². The van der Waals surface area contributed by atoms with Gasteiger partial charge in [0.25, 0.3) is 5.82 Å². The number of rotatable bonds is 4. The number of imidazole rings is 1. The van der Waals surface area contributed by atoms with Gasteiger partial charge in [-0.2, -0.15) is 13.9 Å². The van der Waals surface area contributed by atoms with Gasteiger partial charge in [-0.1, -0.05) is 70.2 Å². The summed E-state index contributed by atoms with van der Waals surface area (Å²) in [5.41, 5.74) is 9.19. The van der Waals surface area contributed by atoms with Crippen LogP contribution in [-0.4, -0.2) is 9.55 Å². The summed E-state index contributed by atoms with van der Waals surface area (Å²) in [4.78, 5) is 4.05. The van der Waals surface area contributed by atoms with Gasteiger partial charge >= 0.3 is 0 Å². The standard InChI is InChI=1S/C32H31FN3O/c1-18(2)21-10-9-11-22(19(3)4)29(21)36-26-13-8-7-12-25(26)35(6)32(36)28-20(5)14-15-23-24-16-17-27(33)34-31(24)37-30(23)28/h7-19H,1-6H3/q+1. The third kappa shape index (κ3) is 3.48. The molecule has 0 amide bonds. The molecule has 3 aromatic heterocycles. The van der Waals surface area contributed by atoms with Crippen LogP contribution < -0.4 is 4.57 Å². The Morgan fingerprint density at radius 1 is 0.838 bits per heavy atom. The number of hydrogen-bond acceptors (Lipinski definition) is 2. The fourth-order valence-corrected chi connectivity index (χ4v) is 5.67. The van der Waals surface area contributed by atoms with E-state index < -0.39 is 5.95 Å². The fraction of sp³-hybridized carbons (Fsp3) is 0.250. The molecule has 0 fully saturated rings. The van der Waals surface area contributed by atoms with Crippen LogP contribution in [0, 0.1) is 12.9 Å². The number of aryl methyl sites for hydroxylation is 2. The monoisotopic (exact) mass is 492 g/mol. The van der Waals surface area contributed by atoms with Crippen LogP contribution in [0.25, 0.3) is 50.2 Å². The number of furan rings is 1. The molecular weight excluding hydrogens is 461 g/mol. The minimum absolute atomic E-state index is 0.317. The molecule has 6 aromatic rings. The first-order valence-corrected chi connectivity index (χ1v) is 12.9. The van der Waals surface area contributed by atoms with E-state index >= 15 is 0 Å². The smallest absolute Gasteiger partial charge is 0.299 e. The third-order valence-electron chi connectivity index (χ3n) is 7.48. The molecule has 0 aliphatic carbocycles. The van der Waals surface area contributed by atoms with Gasteiger partial charge in [-0.15, -0.1) is 0 Å². The molecule has 0 aliphatic rings. The molecule has 37 heavy (non-hydrogen) atoms. The van der Waals surface area contributed by atoms with Crippen LogP contribution >= 0.6 is 0 Å². The van der Waals surface area contributed by atoms with Crippen molar-refractivity contribution in [1.82, 2.24) is 9.55 Å². The number of hydrogen-bond donors (Lipinski definition) is 0. The average Bonchev–Trinajstić information content (AvgIpc) is 3.38.